The minimum absolute atomic E-state index is 0.00861. The normalized spacial score (nSPS) is 24.7. The summed E-state index contributed by atoms with van der Waals surface area (Å²) in [4.78, 5) is 21.7. The number of hydrogen-bond acceptors (Lipinski definition) is 12. The summed E-state index contributed by atoms with van der Waals surface area (Å²) < 4.78 is 65.5. The fourth-order valence-electron chi connectivity index (χ4n) is 4.14. The zero-order valence-corrected chi connectivity index (χ0v) is 23.8. The van der Waals surface area contributed by atoms with Crippen LogP contribution in [0.1, 0.15) is 20.1 Å². The smallest absolute Gasteiger partial charge is 0.459 e. The topological polar surface area (TPSA) is 185 Å². The van der Waals surface area contributed by atoms with Gasteiger partial charge in [0.2, 0.25) is 5.95 Å². The summed E-state index contributed by atoms with van der Waals surface area (Å²) in [6.07, 6.45) is -7.48. The number of fused-ring (bicyclic) bond motifs is 1. The van der Waals surface area contributed by atoms with Crippen molar-refractivity contribution >= 4 is 48.2 Å². The van der Waals surface area contributed by atoms with Crippen molar-refractivity contribution in [1.82, 2.24) is 24.6 Å². The maximum atomic E-state index is 14.5. The molecule has 1 fully saturated rings. The second-order valence-corrected chi connectivity index (χ2v) is 11.3. The van der Waals surface area contributed by atoms with Crippen molar-refractivity contribution in [3.05, 3.63) is 36.7 Å². The van der Waals surface area contributed by atoms with Crippen LogP contribution in [0.25, 0.3) is 11.2 Å². The van der Waals surface area contributed by atoms with E-state index in [0.717, 1.165) is 10.9 Å². The molecule has 0 unspecified atom stereocenters. The molecule has 0 aliphatic carbocycles. The number of carbonyl (C=O) groups excluding carboxylic acids is 1. The minimum atomic E-state index is -4.39. The van der Waals surface area contributed by atoms with E-state index in [2.05, 4.69) is 25.4 Å². The van der Waals surface area contributed by atoms with E-state index in [1.165, 1.54) is 19.1 Å². The number of rotatable bonds is 12. The first kappa shape index (κ1) is 30.8. The van der Waals surface area contributed by atoms with Crippen molar-refractivity contribution in [2.45, 2.75) is 49.6 Å². The van der Waals surface area contributed by atoms with Gasteiger partial charge in [-0.05, 0) is 26.0 Å². The number of carbonyl (C=O) groups is 1. The standard InChI is InChI=1S/C23H29ClF2N7O7P/c1-4-37-19(35)12(2)32-41(36,40-13-8-6-5-7-9-13)38-10-14-16(34)23(24,20(25)26)21(39-14)33-11-29-15-17(28-3)30-22(27)31-18(15)33/h5-9,11-12,14,16,20-21,34H,4,10H2,1-3H3,(H,32,36)(H3,27,28,30,31)/t12-,14-,16-,21-,23+,41+/m1/s1. The third kappa shape index (κ3) is 6.22. The van der Waals surface area contributed by atoms with Crippen molar-refractivity contribution in [3.8, 4) is 5.75 Å². The lowest BCUT2D eigenvalue weighted by atomic mass is 9.99. The number of nitrogens with zero attached hydrogens (tertiary/aromatic N) is 4. The summed E-state index contributed by atoms with van der Waals surface area (Å²) in [6, 6.07) is 6.74. The number of imidazole rings is 1. The number of aliphatic hydroxyl groups is 1. The molecule has 14 nitrogen and oxygen atoms in total. The average molecular weight is 620 g/mol. The second-order valence-electron chi connectivity index (χ2n) is 8.90. The zero-order valence-electron chi connectivity index (χ0n) is 22.1. The maximum Gasteiger partial charge on any atom is 0.459 e. The highest BCUT2D eigenvalue weighted by molar-refractivity contribution is 7.52. The molecule has 6 atom stereocenters. The number of ether oxygens (including phenoxy) is 2. The highest BCUT2D eigenvalue weighted by Crippen LogP contribution is 2.51. The van der Waals surface area contributed by atoms with E-state index in [9.17, 15) is 23.2 Å². The van der Waals surface area contributed by atoms with E-state index in [1.807, 2.05) is 0 Å². The molecule has 5 N–H and O–H groups in total. The van der Waals surface area contributed by atoms with Crippen LogP contribution in [0.2, 0.25) is 0 Å². The molecule has 1 aromatic carbocycles. The van der Waals surface area contributed by atoms with E-state index >= 15 is 0 Å². The monoisotopic (exact) mass is 619 g/mol. The molecule has 0 saturated carbocycles. The van der Waals surface area contributed by atoms with Gasteiger partial charge in [0.25, 0.3) is 6.43 Å². The van der Waals surface area contributed by atoms with Gasteiger partial charge in [-0.15, -0.1) is 11.6 Å². The van der Waals surface area contributed by atoms with Crippen molar-refractivity contribution in [2.75, 3.05) is 31.3 Å². The molecule has 2 aromatic heterocycles. The fraction of sp³-hybridized carbons (Fsp3) is 0.478. The van der Waals surface area contributed by atoms with E-state index in [4.69, 9.17) is 35.9 Å². The Balaban J connectivity index is 1.62. The van der Waals surface area contributed by atoms with Crippen molar-refractivity contribution in [2.24, 2.45) is 0 Å². The number of alkyl halides is 3. The molecule has 3 heterocycles. The predicted octanol–water partition coefficient (Wildman–Crippen LogP) is 2.70. The number of nitrogen functional groups attached to an aromatic ring is 1. The van der Waals surface area contributed by atoms with Gasteiger partial charge < -0.3 is 30.2 Å². The molecule has 0 bridgehead atoms. The quantitative estimate of drug-likeness (QED) is 0.132. The molecule has 0 radical (unpaired) electrons. The molecule has 18 heteroatoms. The molecule has 41 heavy (non-hydrogen) atoms. The van der Waals surface area contributed by atoms with Crippen LogP contribution in [0.15, 0.2) is 36.7 Å². The van der Waals surface area contributed by atoms with Gasteiger partial charge in [-0.25, -0.2) is 18.3 Å². The van der Waals surface area contributed by atoms with Gasteiger partial charge in [-0.3, -0.25) is 13.9 Å². The number of nitrogens with one attached hydrogen (secondary N) is 2. The molecule has 1 saturated heterocycles. The Morgan fingerprint density at radius 2 is 2.05 bits per heavy atom. The van der Waals surface area contributed by atoms with Crippen LogP contribution in [0.5, 0.6) is 5.75 Å². The van der Waals surface area contributed by atoms with Gasteiger partial charge >= 0.3 is 13.7 Å². The number of aromatic nitrogens is 4. The third-order valence-electron chi connectivity index (χ3n) is 6.12. The van der Waals surface area contributed by atoms with Crippen LogP contribution < -0.4 is 20.7 Å². The van der Waals surface area contributed by atoms with Crippen LogP contribution in [-0.4, -0.2) is 80.4 Å². The second kappa shape index (κ2) is 12.4. The lowest BCUT2D eigenvalue weighted by molar-refractivity contribution is -0.144. The lowest BCUT2D eigenvalue weighted by Crippen LogP contribution is -2.48. The van der Waals surface area contributed by atoms with Gasteiger partial charge in [0.15, 0.2) is 28.1 Å². The number of anilines is 2. The van der Waals surface area contributed by atoms with E-state index in [-0.39, 0.29) is 35.3 Å². The number of hydrogen-bond donors (Lipinski definition) is 4. The molecule has 1 aliphatic rings. The van der Waals surface area contributed by atoms with Crippen LogP contribution in [0.3, 0.4) is 0 Å². The summed E-state index contributed by atoms with van der Waals surface area (Å²) in [6.45, 7) is 2.30. The van der Waals surface area contributed by atoms with Gasteiger partial charge in [0.05, 0.1) is 19.5 Å². The summed E-state index contributed by atoms with van der Waals surface area (Å²) >= 11 is 6.37. The van der Waals surface area contributed by atoms with Crippen molar-refractivity contribution in [1.29, 1.82) is 0 Å². The molecule has 0 amide bonds. The van der Waals surface area contributed by atoms with Gasteiger partial charge in [0, 0.05) is 7.05 Å². The zero-order chi connectivity index (χ0) is 29.9. The Morgan fingerprint density at radius 1 is 1.34 bits per heavy atom. The number of aliphatic hydroxyl groups excluding tert-OH is 1. The van der Waals surface area contributed by atoms with Crippen LogP contribution in [0, 0.1) is 0 Å². The number of benzene rings is 1. The average Bonchev–Trinajstić information content (AvgIpc) is 3.46. The largest absolute Gasteiger partial charge is 0.465 e. The predicted molar refractivity (Wildman–Crippen MR) is 144 cm³/mol. The fourth-order valence-corrected chi connectivity index (χ4v) is 5.94. The Morgan fingerprint density at radius 3 is 2.68 bits per heavy atom. The highest BCUT2D eigenvalue weighted by atomic mass is 35.5. The summed E-state index contributed by atoms with van der Waals surface area (Å²) in [5.74, 6) is -0.577. The number of esters is 1. The minimum Gasteiger partial charge on any atom is -0.465 e. The van der Waals surface area contributed by atoms with E-state index < -0.39 is 56.1 Å². The highest BCUT2D eigenvalue weighted by Gasteiger charge is 2.62. The van der Waals surface area contributed by atoms with E-state index in [0.29, 0.717) is 0 Å². The SMILES string of the molecule is CCOC(=O)[C@@H](C)N[P@](=O)(OC[C@H]1O[C@@H](n2cnc3c(NC)nc(N)nc32)[C@@](Cl)(C(F)F)[C@@H]1O)Oc1ccccc1. The van der Waals surface area contributed by atoms with Gasteiger partial charge in [0.1, 0.15) is 24.0 Å². The van der Waals surface area contributed by atoms with Crippen LogP contribution in [-0.2, 0) is 23.4 Å². The van der Waals surface area contributed by atoms with Gasteiger partial charge in [-0.2, -0.15) is 15.1 Å². The number of para-hydroxylation sites is 1. The maximum absolute atomic E-state index is 14.5. The molecule has 224 valence electrons. The number of halogens is 3. The van der Waals surface area contributed by atoms with Crippen molar-refractivity contribution in [3.63, 3.8) is 0 Å². The lowest BCUT2D eigenvalue weighted by Gasteiger charge is -2.29. The number of nitrogens with two attached hydrogens (primary N) is 1. The van der Waals surface area contributed by atoms with Gasteiger partial charge in [-0.1, -0.05) is 18.2 Å². The van der Waals surface area contributed by atoms with Crippen molar-refractivity contribution < 1.29 is 41.8 Å². The molecular formula is C23H29ClF2N7O7P. The molecule has 4 rings (SSSR count). The summed E-state index contributed by atoms with van der Waals surface area (Å²) in [5, 5.41) is 16.2. The summed E-state index contributed by atoms with van der Waals surface area (Å²) in [7, 11) is -2.84. The first-order valence-electron chi connectivity index (χ1n) is 12.4. The van der Waals surface area contributed by atoms with Crippen LogP contribution in [0.4, 0.5) is 20.5 Å². The summed E-state index contributed by atoms with van der Waals surface area (Å²) in [5.41, 5.74) is 5.96. The van der Waals surface area contributed by atoms with E-state index in [1.54, 1.807) is 32.2 Å². The Labute approximate surface area is 238 Å². The first-order valence-corrected chi connectivity index (χ1v) is 14.3. The molecule has 0 spiro atoms. The Kier molecular flexibility index (Phi) is 9.31. The molecule has 1 aliphatic heterocycles. The Bertz CT molecular complexity index is 1420. The molecule has 3 aromatic rings. The molecular weight excluding hydrogens is 591 g/mol. The Hall–Kier alpha value is -3.14. The van der Waals surface area contributed by atoms with Crippen LogP contribution >= 0.6 is 19.3 Å². The third-order valence-corrected chi connectivity index (χ3v) is 8.34. The first-order chi connectivity index (χ1) is 19.4.